The number of benzene rings is 11. The first-order valence-electron chi connectivity index (χ1n) is 22.2. The van der Waals surface area contributed by atoms with E-state index in [0.29, 0.717) is 0 Å². The van der Waals surface area contributed by atoms with E-state index in [1.54, 1.807) is 0 Å². The number of hydrogen-bond donors (Lipinski definition) is 0. The fourth-order valence-corrected chi connectivity index (χ4v) is 10.6. The monoisotopic (exact) mass is 813 g/mol. The van der Waals surface area contributed by atoms with Gasteiger partial charge in [0.2, 0.25) is 0 Å². The van der Waals surface area contributed by atoms with Crippen molar-refractivity contribution in [1.82, 2.24) is 0 Å². The van der Waals surface area contributed by atoms with Crippen LogP contribution in [0.25, 0.3) is 66.1 Å². The largest absolute Gasteiger partial charge is 0.311 e. The van der Waals surface area contributed by atoms with Gasteiger partial charge in [0.15, 0.2) is 0 Å². The van der Waals surface area contributed by atoms with Gasteiger partial charge in [-0.15, -0.1) is 0 Å². The van der Waals surface area contributed by atoms with Gasteiger partial charge >= 0.3 is 0 Å². The molecule has 11 aromatic rings. The molecule has 0 aromatic heterocycles. The van der Waals surface area contributed by atoms with E-state index < -0.39 is 5.41 Å². The van der Waals surface area contributed by atoms with Crippen molar-refractivity contribution < 1.29 is 0 Å². The Morgan fingerprint density at radius 1 is 0.234 bits per heavy atom. The van der Waals surface area contributed by atoms with Gasteiger partial charge in [-0.1, -0.05) is 224 Å². The first-order chi connectivity index (χ1) is 31.8. The van der Waals surface area contributed by atoms with E-state index in [1.807, 2.05) is 0 Å². The minimum Gasteiger partial charge on any atom is -0.311 e. The highest BCUT2D eigenvalue weighted by Gasteiger charge is 2.45. The van der Waals surface area contributed by atoms with Crippen LogP contribution >= 0.6 is 0 Å². The highest BCUT2D eigenvalue weighted by atomic mass is 15.1. The van der Waals surface area contributed by atoms with Crippen molar-refractivity contribution in [3.8, 4) is 44.5 Å². The molecule has 1 aliphatic carbocycles. The molecule has 0 amide bonds. The van der Waals surface area contributed by atoms with Crippen LogP contribution in [0.15, 0.2) is 261 Å². The molecule has 0 radical (unpaired) electrons. The summed E-state index contributed by atoms with van der Waals surface area (Å²) < 4.78 is 0. The van der Waals surface area contributed by atoms with Crippen LogP contribution in [0, 0.1) is 0 Å². The summed E-state index contributed by atoms with van der Waals surface area (Å²) in [5.41, 5.74) is 18.0. The molecule has 0 N–H and O–H groups in total. The second-order valence-electron chi connectivity index (χ2n) is 16.8. The highest BCUT2D eigenvalue weighted by molar-refractivity contribution is 6.21. The van der Waals surface area contributed by atoms with Crippen LogP contribution in [0.3, 0.4) is 0 Å². The fraction of sp³-hybridized carbons (Fsp3) is 0.0159. The van der Waals surface area contributed by atoms with Crippen LogP contribution in [0.4, 0.5) is 17.1 Å². The Morgan fingerprint density at radius 3 is 1.06 bits per heavy atom. The summed E-state index contributed by atoms with van der Waals surface area (Å²) in [5, 5.41) is 4.99. The molecule has 1 aliphatic rings. The molecule has 1 nitrogen and oxygen atoms in total. The lowest BCUT2D eigenvalue weighted by molar-refractivity contribution is 0.768. The molecule has 0 aliphatic heterocycles. The van der Waals surface area contributed by atoms with Crippen molar-refractivity contribution in [1.29, 1.82) is 0 Å². The number of anilines is 3. The third-order valence-corrected chi connectivity index (χ3v) is 13.4. The van der Waals surface area contributed by atoms with Gasteiger partial charge in [0, 0.05) is 17.1 Å². The number of para-hydroxylation sites is 1. The van der Waals surface area contributed by atoms with Crippen molar-refractivity contribution >= 4 is 38.6 Å². The van der Waals surface area contributed by atoms with Gasteiger partial charge in [0.25, 0.3) is 0 Å². The number of fused-ring (bicyclic) bond motifs is 5. The van der Waals surface area contributed by atoms with Crippen LogP contribution < -0.4 is 4.90 Å². The molecular formula is C63H43N. The molecule has 0 saturated heterocycles. The zero-order chi connectivity index (χ0) is 42.5. The average molecular weight is 814 g/mol. The Hall–Kier alpha value is -8.26. The fourth-order valence-electron chi connectivity index (χ4n) is 10.6. The van der Waals surface area contributed by atoms with Crippen molar-refractivity contribution in [3.63, 3.8) is 0 Å². The maximum absolute atomic E-state index is 2.37. The summed E-state index contributed by atoms with van der Waals surface area (Å²) in [6, 6.07) is 95.6. The molecule has 11 aromatic carbocycles. The maximum Gasteiger partial charge on any atom is 0.0713 e. The van der Waals surface area contributed by atoms with Gasteiger partial charge < -0.3 is 4.90 Å². The van der Waals surface area contributed by atoms with Crippen molar-refractivity contribution in [2.24, 2.45) is 0 Å². The van der Waals surface area contributed by atoms with Gasteiger partial charge in [-0.2, -0.15) is 0 Å². The van der Waals surface area contributed by atoms with E-state index in [1.165, 1.54) is 88.3 Å². The molecule has 0 bridgehead atoms. The molecule has 1 heteroatoms. The SMILES string of the molecule is c1ccc(-c2ccc(-c3c4ccccc4c(-c4ccc(N(c5ccccc5)c5ccc(C6(c7ccccc7)c7ccccc7-c7ccccc76)cc5)cc4)c4ccccc34)cc2)cc1. The van der Waals surface area contributed by atoms with Gasteiger partial charge in [0.1, 0.15) is 0 Å². The summed E-state index contributed by atoms with van der Waals surface area (Å²) in [7, 11) is 0. The molecule has 0 saturated carbocycles. The number of nitrogens with zero attached hydrogens (tertiary/aromatic N) is 1. The summed E-state index contributed by atoms with van der Waals surface area (Å²) >= 11 is 0. The third-order valence-electron chi connectivity index (χ3n) is 13.4. The van der Waals surface area contributed by atoms with Crippen LogP contribution in [0.2, 0.25) is 0 Å². The average Bonchev–Trinajstić information content (AvgIpc) is 3.68. The van der Waals surface area contributed by atoms with Gasteiger partial charge in [-0.3, -0.25) is 0 Å². The van der Waals surface area contributed by atoms with Crippen molar-refractivity contribution in [2.45, 2.75) is 5.41 Å². The molecule has 0 unspecified atom stereocenters. The molecule has 64 heavy (non-hydrogen) atoms. The Labute approximate surface area is 374 Å². The Kier molecular flexibility index (Phi) is 9.13. The van der Waals surface area contributed by atoms with E-state index in [9.17, 15) is 0 Å². The lowest BCUT2D eigenvalue weighted by Gasteiger charge is -2.34. The number of rotatable bonds is 8. The molecule has 300 valence electrons. The molecule has 0 spiro atoms. The highest BCUT2D eigenvalue weighted by Crippen LogP contribution is 2.56. The topological polar surface area (TPSA) is 3.24 Å². The normalized spacial score (nSPS) is 12.5. The van der Waals surface area contributed by atoms with Gasteiger partial charge in [0.05, 0.1) is 5.41 Å². The molecule has 0 fully saturated rings. The summed E-state index contributed by atoms with van der Waals surface area (Å²) in [4.78, 5) is 2.37. The minimum atomic E-state index is -0.446. The third kappa shape index (κ3) is 6.01. The smallest absolute Gasteiger partial charge is 0.0713 e. The zero-order valence-corrected chi connectivity index (χ0v) is 35.3. The quantitative estimate of drug-likeness (QED) is 0.138. The van der Waals surface area contributed by atoms with E-state index in [4.69, 9.17) is 0 Å². The van der Waals surface area contributed by atoms with E-state index in [0.717, 1.165) is 17.1 Å². The molecule has 12 rings (SSSR count). The Balaban J connectivity index is 0.965. The summed E-state index contributed by atoms with van der Waals surface area (Å²) in [5.74, 6) is 0. The van der Waals surface area contributed by atoms with E-state index >= 15 is 0 Å². The lowest BCUT2D eigenvalue weighted by Crippen LogP contribution is -2.28. The first kappa shape index (κ1) is 37.5. The predicted octanol–water partition coefficient (Wildman–Crippen LogP) is 16.8. The predicted molar refractivity (Wildman–Crippen MR) is 270 cm³/mol. The number of hydrogen-bond acceptors (Lipinski definition) is 1. The summed E-state index contributed by atoms with van der Waals surface area (Å²) in [6.07, 6.45) is 0. The molecule has 0 atom stereocenters. The molecular weight excluding hydrogens is 771 g/mol. The summed E-state index contributed by atoms with van der Waals surface area (Å²) in [6.45, 7) is 0. The van der Waals surface area contributed by atoms with E-state index in [2.05, 4.69) is 266 Å². The lowest BCUT2D eigenvalue weighted by atomic mass is 9.68. The minimum absolute atomic E-state index is 0.446. The van der Waals surface area contributed by atoms with E-state index in [-0.39, 0.29) is 0 Å². The van der Waals surface area contributed by atoms with Crippen LogP contribution in [-0.4, -0.2) is 0 Å². The maximum atomic E-state index is 2.37. The Morgan fingerprint density at radius 2 is 0.562 bits per heavy atom. The second-order valence-corrected chi connectivity index (χ2v) is 16.8. The van der Waals surface area contributed by atoms with Gasteiger partial charge in [-0.25, -0.2) is 0 Å². The van der Waals surface area contributed by atoms with Crippen LogP contribution in [0.1, 0.15) is 22.3 Å². The zero-order valence-electron chi connectivity index (χ0n) is 35.3. The van der Waals surface area contributed by atoms with Gasteiger partial charge in [-0.05, 0) is 125 Å². The van der Waals surface area contributed by atoms with Crippen molar-refractivity contribution in [3.05, 3.63) is 283 Å². The standard InChI is InChI=1S/C63H43N/c1-4-18-44(19-5-1)45-32-34-46(35-33-45)61-55-26-10-12-28-57(55)62(58-29-13-11-27-56(58)61)47-36-40-51(41-37-47)64(50-22-8-3-9-23-50)52-42-38-49(39-43-52)63(48-20-6-2-7-21-48)59-30-16-14-24-53(59)54-25-15-17-31-60(54)63/h1-43H. The Bertz CT molecular complexity index is 3340. The van der Waals surface area contributed by atoms with Crippen molar-refractivity contribution in [2.75, 3.05) is 4.90 Å². The van der Waals surface area contributed by atoms with Crippen LogP contribution in [-0.2, 0) is 5.41 Å². The molecule has 0 heterocycles. The first-order valence-corrected chi connectivity index (χ1v) is 22.2. The second kappa shape index (κ2) is 15.6. The van der Waals surface area contributed by atoms with Crippen LogP contribution in [0.5, 0.6) is 0 Å².